The predicted octanol–water partition coefficient (Wildman–Crippen LogP) is 3.69. The topological polar surface area (TPSA) is 52.1 Å². The Labute approximate surface area is 118 Å². The summed E-state index contributed by atoms with van der Waals surface area (Å²) in [4.78, 5) is 19.5. The van der Waals surface area contributed by atoms with Crippen LogP contribution in [0, 0.1) is 0 Å². The number of rotatable bonds is 3. The molecule has 0 aliphatic rings. The number of hydrogen-bond donors (Lipinski definition) is 0. The number of aromatic nitrogens is 2. The van der Waals surface area contributed by atoms with Crippen LogP contribution in [0.4, 0.5) is 0 Å². The quantitative estimate of drug-likeness (QED) is 0.641. The zero-order chi connectivity index (χ0) is 13.1. The number of hydrogen-bond acceptors (Lipinski definition) is 5. The van der Waals surface area contributed by atoms with Gasteiger partial charge in [0.25, 0.3) is 0 Å². The van der Waals surface area contributed by atoms with Crippen LogP contribution in [-0.2, 0) is 4.74 Å². The van der Waals surface area contributed by atoms with E-state index >= 15 is 0 Å². The SMILES string of the molecule is CCOC(=O)c1csc(-c2cc(Cl)nc(Cl)c2)n1. The average Bonchev–Trinajstić information content (AvgIpc) is 2.77. The highest BCUT2D eigenvalue weighted by Crippen LogP contribution is 2.27. The Morgan fingerprint density at radius 1 is 1.33 bits per heavy atom. The van der Waals surface area contributed by atoms with Crippen molar-refractivity contribution in [2.45, 2.75) is 6.92 Å². The van der Waals surface area contributed by atoms with Gasteiger partial charge in [0.2, 0.25) is 0 Å². The summed E-state index contributed by atoms with van der Waals surface area (Å²) in [6.45, 7) is 2.06. The Kier molecular flexibility index (Phi) is 4.16. The molecular weight excluding hydrogens is 295 g/mol. The van der Waals surface area contributed by atoms with Crippen molar-refractivity contribution in [1.29, 1.82) is 0 Å². The van der Waals surface area contributed by atoms with Crippen molar-refractivity contribution >= 4 is 40.5 Å². The third-order valence-corrected chi connectivity index (χ3v) is 3.28. The smallest absolute Gasteiger partial charge is 0.357 e. The molecule has 0 unspecified atom stereocenters. The van der Waals surface area contributed by atoms with E-state index in [1.165, 1.54) is 11.3 Å². The molecule has 2 rings (SSSR count). The van der Waals surface area contributed by atoms with Crippen molar-refractivity contribution in [3.05, 3.63) is 33.5 Å². The Hall–Kier alpha value is -1.17. The molecule has 0 fully saturated rings. The minimum absolute atomic E-state index is 0.279. The summed E-state index contributed by atoms with van der Waals surface area (Å²) < 4.78 is 4.87. The number of pyridine rings is 1. The number of halogens is 2. The summed E-state index contributed by atoms with van der Waals surface area (Å²) in [5.74, 6) is -0.439. The van der Waals surface area contributed by atoms with E-state index in [4.69, 9.17) is 27.9 Å². The van der Waals surface area contributed by atoms with Crippen LogP contribution in [0.15, 0.2) is 17.5 Å². The molecule has 0 saturated carbocycles. The fourth-order valence-electron chi connectivity index (χ4n) is 1.29. The highest BCUT2D eigenvalue weighted by atomic mass is 35.5. The van der Waals surface area contributed by atoms with Crippen molar-refractivity contribution in [3.8, 4) is 10.6 Å². The molecule has 0 amide bonds. The Morgan fingerprint density at radius 3 is 2.61 bits per heavy atom. The molecule has 94 valence electrons. The van der Waals surface area contributed by atoms with Crippen molar-refractivity contribution in [1.82, 2.24) is 9.97 Å². The zero-order valence-electron chi connectivity index (χ0n) is 9.31. The van der Waals surface area contributed by atoms with E-state index in [2.05, 4.69) is 9.97 Å². The van der Waals surface area contributed by atoms with Gasteiger partial charge in [0.1, 0.15) is 15.3 Å². The van der Waals surface area contributed by atoms with Crippen molar-refractivity contribution < 1.29 is 9.53 Å². The summed E-state index contributed by atoms with van der Waals surface area (Å²) in [5.41, 5.74) is 1.00. The molecule has 4 nitrogen and oxygen atoms in total. The van der Waals surface area contributed by atoms with Crippen LogP contribution in [0.1, 0.15) is 17.4 Å². The summed E-state index contributed by atoms with van der Waals surface area (Å²) in [7, 11) is 0. The number of nitrogens with zero attached hydrogens (tertiary/aromatic N) is 2. The largest absolute Gasteiger partial charge is 0.461 e. The zero-order valence-corrected chi connectivity index (χ0v) is 11.6. The van der Waals surface area contributed by atoms with Gasteiger partial charge in [-0.1, -0.05) is 23.2 Å². The monoisotopic (exact) mass is 302 g/mol. The van der Waals surface area contributed by atoms with Gasteiger partial charge in [-0.3, -0.25) is 0 Å². The summed E-state index contributed by atoms with van der Waals surface area (Å²) >= 11 is 12.9. The van der Waals surface area contributed by atoms with Crippen LogP contribution >= 0.6 is 34.5 Å². The highest BCUT2D eigenvalue weighted by Gasteiger charge is 2.13. The van der Waals surface area contributed by atoms with Gasteiger partial charge < -0.3 is 4.74 Å². The first-order valence-electron chi connectivity index (χ1n) is 5.06. The van der Waals surface area contributed by atoms with Crippen LogP contribution in [-0.4, -0.2) is 22.5 Å². The van der Waals surface area contributed by atoms with Gasteiger partial charge in [0.15, 0.2) is 5.69 Å². The van der Waals surface area contributed by atoms with E-state index in [1.807, 2.05) is 0 Å². The maximum absolute atomic E-state index is 11.5. The van der Waals surface area contributed by atoms with E-state index in [0.717, 1.165) is 5.56 Å². The van der Waals surface area contributed by atoms with E-state index < -0.39 is 5.97 Å². The molecule has 0 spiro atoms. The lowest BCUT2D eigenvalue weighted by atomic mass is 10.3. The summed E-state index contributed by atoms with van der Waals surface area (Å²) in [6, 6.07) is 3.28. The van der Waals surface area contributed by atoms with E-state index in [9.17, 15) is 4.79 Å². The second-order valence-electron chi connectivity index (χ2n) is 3.26. The third-order valence-electron chi connectivity index (χ3n) is 2.00. The molecule has 18 heavy (non-hydrogen) atoms. The van der Waals surface area contributed by atoms with Crippen molar-refractivity contribution in [2.24, 2.45) is 0 Å². The number of ether oxygens (including phenoxy) is 1. The van der Waals surface area contributed by atoms with Gasteiger partial charge in [0.05, 0.1) is 6.61 Å². The molecule has 7 heteroatoms. The third kappa shape index (κ3) is 2.98. The van der Waals surface area contributed by atoms with Gasteiger partial charge in [-0.15, -0.1) is 11.3 Å². The van der Waals surface area contributed by atoms with Gasteiger partial charge in [-0.2, -0.15) is 0 Å². The standard InChI is InChI=1S/C11H8Cl2N2O2S/c1-2-17-11(16)7-5-18-10(14-7)6-3-8(12)15-9(13)4-6/h3-5H,2H2,1H3. The molecule has 2 aromatic heterocycles. The van der Waals surface area contributed by atoms with Crippen LogP contribution in [0.25, 0.3) is 10.6 Å². The highest BCUT2D eigenvalue weighted by molar-refractivity contribution is 7.13. The molecule has 0 N–H and O–H groups in total. The van der Waals surface area contributed by atoms with Gasteiger partial charge in [0, 0.05) is 10.9 Å². The van der Waals surface area contributed by atoms with Crippen LogP contribution in [0.5, 0.6) is 0 Å². The van der Waals surface area contributed by atoms with E-state index in [0.29, 0.717) is 11.6 Å². The number of esters is 1. The Balaban J connectivity index is 2.32. The fourth-order valence-corrected chi connectivity index (χ4v) is 2.53. The summed E-state index contributed by atoms with van der Waals surface area (Å²) in [6.07, 6.45) is 0. The molecular formula is C11H8Cl2N2O2S. The van der Waals surface area contributed by atoms with Crippen LogP contribution in [0.2, 0.25) is 10.3 Å². The molecule has 0 aliphatic carbocycles. The minimum atomic E-state index is -0.439. The van der Waals surface area contributed by atoms with Crippen LogP contribution < -0.4 is 0 Å². The lowest BCUT2D eigenvalue weighted by molar-refractivity contribution is 0.0520. The second-order valence-corrected chi connectivity index (χ2v) is 4.89. The average molecular weight is 303 g/mol. The Morgan fingerprint density at radius 2 is 2.00 bits per heavy atom. The van der Waals surface area contributed by atoms with Crippen molar-refractivity contribution in [3.63, 3.8) is 0 Å². The molecule has 2 heterocycles. The first-order valence-corrected chi connectivity index (χ1v) is 6.70. The maximum atomic E-state index is 11.5. The number of carbonyl (C=O) groups is 1. The molecule has 0 radical (unpaired) electrons. The maximum Gasteiger partial charge on any atom is 0.357 e. The molecule has 0 atom stereocenters. The number of thiazole rings is 1. The molecule has 0 bridgehead atoms. The van der Waals surface area contributed by atoms with Gasteiger partial charge in [-0.25, -0.2) is 14.8 Å². The molecule has 0 saturated heterocycles. The lowest BCUT2D eigenvalue weighted by Gasteiger charge is -1.98. The molecule has 0 aliphatic heterocycles. The van der Waals surface area contributed by atoms with Gasteiger partial charge >= 0.3 is 5.97 Å². The fraction of sp³-hybridized carbons (Fsp3) is 0.182. The predicted molar refractivity (Wildman–Crippen MR) is 71.3 cm³/mol. The Bertz CT molecular complexity index is 566. The molecule has 0 aromatic carbocycles. The summed E-state index contributed by atoms with van der Waals surface area (Å²) in [5, 5.41) is 2.84. The van der Waals surface area contributed by atoms with Crippen LogP contribution in [0.3, 0.4) is 0 Å². The van der Waals surface area contributed by atoms with Gasteiger partial charge in [-0.05, 0) is 19.1 Å². The second kappa shape index (κ2) is 5.65. The normalized spacial score (nSPS) is 10.4. The van der Waals surface area contributed by atoms with E-state index in [-0.39, 0.29) is 16.0 Å². The molecule has 2 aromatic rings. The van der Waals surface area contributed by atoms with E-state index in [1.54, 1.807) is 24.4 Å². The first kappa shape index (κ1) is 13.3. The lowest BCUT2D eigenvalue weighted by Crippen LogP contribution is -2.04. The number of carbonyl (C=O) groups excluding carboxylic acids is 1. The minimum Gasteiger partial charge on any atom is -0.461 e. The van der Waals surface area contributed by atoms with Crippen molar-refractivity contribution in [2.75, 3.05) is 6.61 Å². The first-order chi connectivity index (χ1) is 8.60.